The molecule has 9 heteroatoms. The summed E-state index contributed by atoms with van der Waals surface area (Å²) in [5.41, 5.74) is 1.33. The Kier molecular flexibility index (Phi) is 7.42. The van der Waals surface area contributed by atoms with Gasteiger partial charge in [0.25, 0.3) is 0 Å². The van der Waals surface area contributed by atoms with E-state index in [1.807, 2.05) is 11.8 Å². The predicted molar refractivity (Wildman–Crippen MR) is 97.5 cm³/mol. The van der Waals surface area contributed by atoms with Crippen LogP contribution in [0.5, 0.6) is 0 Å². The topological polar surface area (TPSA) is 49.6 Å². The highest BCUT2D eigenvalue weighted by atomic mass is 35.5. The molecule has 0 bridgehead atoms. The summed E-state index contributed by atoms with van der Waals surface area (Å²) in [4.78, 5) is 18.7. The Morgan fingerprint density at radius 3 is 2.83 bits per heavy atom. The number of hydrogen-bond donors (Lipinski definition) is 1. The second kappa shape index (κ2) is 8.40. The maximum atomic E-state index is 12.4. The van der Waals surface area contributed by atoms with E-state index in [0.29, 0.717) is 21.4 Å². The second-order valence-electron chi connectivity index (χ2n) is 5.29. The number of aromatic nitrogens is 2. The highest BCUT2D eigenvalue weighted by Crippen LogP contribution is 2.22. The van der Waals surface area contributed by atoms with Crippen molar-refractivity contribution in [3.63, 3.8) is 0 Å². The van der Waals surface area contributed by atoms with Gasteiger partial charge in [-0.05, 0) is 13.0 Å². The molecule has 2 aromatic heterocycles. The molecular weight excluding hydrogens is 382 g/mol. The van der Waals surface area contributed by atoms with Crippen molar-refractivity contribution >= 4 is 59.6 Å². The van der Waals surface area contributed by atoms with Crippen molar-refractivity contribution in [3.8, 4) is 0 Å². The molecule has 2 aromatic rings. The molecule has 0 aromatic carbocycles. The summed E-state index contributed by atoms with van der Waals surface area (Å²) >= 11 is 12.1. The normalized spacial score (nSPS) is 17.5. The van der Waals surface area contributed by atoms with Crippen LogP contribution in [0.15, 0.2) is 18.5 Å². The molecule has 0 aliphatic carbocycles. The van der Waals surface area contributed by atoms with E-state index < -0.39 is 0 Å². The van der Waals surface area contributed by atoms with Crippen LogP contribution in [0.1, 0.15) is 12.6 Å². The van der Waals surface area contributed by atoms with Crippen molar-refractivity contribution in [3.05, 3.63) is 34.2 Å². The lowest BCUT2D eigenvalue weighted by Gasteiger charge is -2.33. The minimum Gasteiger partial charge on any atom is -0.337 e. The first-order valence-corrected chi connectivity index (χ1v) is 7.63. The third-order valence-corrected chi connectivity index (χ3v) is 4.16. The largest absolute Gasteiger partial charge is 0.337 e. The quantitative estimate of drug-likeness (QED) is 0.844. The van der Waals surface area contributed by atoms with Crippen LogP contribution in [-0.4, -0.2) is 45.9 Å². The number of halogens is 4. The fourth-order valence-electron chi connectivity index (χ4n) is 2.63. The summed E-state index contributed by atoms with van der Waals surface area (Å²) in [5, 5.41) is 4.30. The molecular formula is C14H18Cl4N4O. The average molecular weight is 400 g/mol. The number of nitrogens with one attached hydrogen (secondary N) is 1. The van der Waals surface area contributed by atoms with E-state index in [4.69, 9.17) is 23.2 Å². The first-order valence-electron chi connectivity index (χ1n) is 6.87. The molecule has 5 nitrogen and oxygen atoms in total. The van der Waals surface area contributed by atoms with Gasteiger partial charge < -0.3 is 14.6 Å². The van der Waals surface area contributed by atoms with Crippen molar-refractivity contribution < 1.29 is 4.79 Å². The van der Waals surface area contributed by atoms with Crippen molar-refractivity contribution in [2.24, 2.45) is 0 Å². The van der Waals surface area contributed by atoms with Crippen LogP contribution >= 0.6 is 48.0 Å². The number of rotatable bonds is 2. The number of carbonyl (C=O) groups excluding carboxylic acids is 1. The molecule has 23 heavy (non-hydrogen) atoms. The summed E-state index contributed by atoms with van der Waals surface area (Å²) in [6.45, 7) is 4.45. The van der Waals surface area contributed by atoms with Gasteiger partial charge in [0.1, 0.15) is 0 Å². The molecule has 0 unspecified atom stereocenters. The Balaban J connectivity index is 0.00000132. The lowest BCUT2D eigenvalue weighted by Crippen LogP contribution is -2.52. The monoisotopic (exact) mass is 398 g/mol. The minimum absolute atomic E-state index is 0. The fourth-order valence-corrected chi connectivity index (χ4v) is 3.16. The zero-order valence-electron chi connectivity index (χ0n) is 12.5. The van der Waals surface area contributed by atoms with Gasteiger partial charge in [-0.25, -0.2) is 4.98 Å². The molecule has 1 fully saturated rings. The standard InChI is InChI=1S/C14H16Cl2N4O.2ClH/c1-9-6-17-2-3-20(9)13(21)5-11-8-19-7-10(15)4-12(16)14(19)18-11;;/h4,7-9,17H,2-3,5-6H2,1H3;2*1H/t9-;;/m1../s1. The fraction of sp³-hybridized carbons (Fsp3) is 0.429. The molecule has 0 radical (unpaired) electrons. The lowest BCUT2D eigenvalue weighted by atomic mass is 10.2. The molecule has 0 spiro atoms. The first-order chi connectivity index (χ1) is 10.0. The molecule has 3 rings (SSSR count). The van der Waals surface area contributed by atoms with E-state index in [9.17, 15) is 4.79 Å². The number of nitrogens with zero attached hydrogens (tertiary/aromatic N) is 3. The van der Waals surface area contributed by atoms with Gasteiger partial charge in [-0.3, -0.25) is 4.79 Å². The summed E-state index contributed by atoms with van der Waals surface area (Å²) in [6, 6.07) is 1.86. The minimum atomic E-state index is 0. The molecule has 0 saturated carbocycles. The highest BCUT2D eigenvalue weighted by molar-refractivity contribution is 6.36. The van der Waals surface area contributed by atoms with E-state index >= 15 is 0 Å². The third-order valence-electron chi connectivity index (χ3n) is 3.68. The van der Waals surface area contributed by atoms with Crippen LogP contribution in [0, 0.1) is 0 Å². The van der Waals surface area contributed by atoms with Gasteiger partial charge in [0, 0.05) is 38.1 Å². The Morgan fingerprint density at radius 2 is 2.13 bits per heavy atom. The highest BCUT2D eigenvalue weighted by Gasteiger charge is 2.23. The zero-order chi connectivity index (χ0) is 15.0. The van der Waals surface area contributed by atoms with Gasteiger partial charge in [-0.15, -0.1) is 24.8 Å². The summed E-state index contributed by atoms with van der Waals surface area (Å²) < 4.78 is 1.76. The molecule has 1 aliphatic rings. The van der Waals surface area contributed by atoms with Crippen LogP contribution in [0.25, 0.3) is 5.65 Å². The number of pyridine rings is 1. The smallest absolute Gasteiger partial charge is 0.228 e. The Bertz CT molecular complexity index is 691. The van der Waals surface area contributed by atoms with E-state index in [1.54, 1.807) is 22.9 Å². The van der Waals surface area contributed by atoms with Crippen molar-refractivity contribution in [2.75, 3.05) is 19.6 Å². The van der Waals surface area contributed by atoms with Gasteiger partial charge in [0.15, 0.2) is 5.65 Å². The summed E-state index contributed by atoms with van der Waals surface area (Å²) in [5.74, 6) is 0.0922. The van der Waals surface area contributed by atoms with Crippen molar-refractivity contribution in [2.45, 2.75) is 19.4 Å². The number of imidazole rings is 1. The number of hydrogen-bond acceptors (Lipinski definition) is 3. The molecule has 1 atom stereocenters. The number of carbonyl (C=O) groups is 1. The van der Waals surface area contributed by atoms with Crippen LogP contribution in [0.4, 0.5) is 0 Å². The molecule has 1 amide bonds. The van der Waals surface area contributed by atoms with Crippen LogP contribution < -0.4 is 5.32 Å². The molecule has 3 heterocycles. The Hall–Kier alpha value is -0.720. The van der Waals surface area contributed by atoms with Gasteiger partial charge in [-0.1, -0.05) is 23.2 Å². The number of amides is 1. The molecule has 1 saturated heterocycles. The lowest BCUT2D eigenvalue weighted by molar-refractivity contribution is -0.133. The molecule has 128 valence electrons. The van der Waals surface area contributed by atoms with Crippen molar-refractivity contribution in [1.29, 1.82) is 0 Å². The Labute approximate surface area is 157 Å². The van der Waals surface area contributed by atoms with Crippen LogP contribution in [0.3, 0.4) is 0 Å². The van der Waals surface area contributed by atoms with Gasteiger partial charge in [0.2, 0.25) is 5.91 Å². The average Bonchev–Trinajstić information content (AvgIpc) is 2.81. The van der Waals surface area contributed by atoms with E-state index in [1.165, 1.54) is 0 Å². The first kappa shape index (κ1) is 20.3. The van der Waals surface area contributed by atoms with Gasteiger partial charge in [-0.2, -0.15) is 0 Å². The summed E-state index contributed by atoms with van der Waals surface area (Å²) in [6.07, 6.45) is 3.81. The zero-order valence-corrected chi connectivity index (χ0v) is 15.6. The molecule has 1 N–H and O–H groups in total. The van der Waals surface area contributed by atoms with E-state index in [0.717, 1.165) is 19.6 Å². The molecule has 1 aliphatic heterocycles. The van der Waals surface area contributed by atoms with E-state index in [-0.39, 0.29) is 43.2 Å². The Morgan fingerprint density at radius 1 is 1.39 bits per heavy atom. The summed E-state index contributed by atoms with van der Waals surface area (Å²) in [7, 11) is 0. The number of fused-ring (bicyclic) bond motifs is 1. The third kappa shape index (κ3) is 4.43. The van der Waals surface area contributed by atoms with E-state index in [2.05, 4.69) is 10.3 Å². The van der Waals surface area contributed by atoms with Gasteiger partial charge >= 0.3 is 0 Å². The maximum absolute atomic E-state index is 12.4. The number of piperazine rings is 1. The predicted octanol–water partition coefficient (Wildman–Crippen LogP) is 2.85. The SMILES string of the molecule is C[C@@H]1CNCCN1C(=O)Cc1cn2cc(Cl)cc(Cl)c2n1.Cl.Cl. The maximum Gasteiger partial charge on any atom is 0.228 e. The second-order valence-corrected chi connectivity index (χ2v) is 6.13. The van der Waals surface area contributed by atoms with Gasteiger partial charge in [0.05, 0.1) is 22.2 Å². The van der Waals surface area contributed by atoms with Crippen LogP contribution in [-0.2, 0) is 11.2 Å². The van der Waals surface area contributed by atoms with Crippen molar-refractivity contribution in [1.82, 2.24) is 19.6 Å². The van der Waals surface area contributed by atoms with Crippen LogP contribution in [0.2, 0.25) is 10.0 Å².